The summed E-state index contributed by atoms with van der Waals surface area (Å²) in [6.45, 7) is 0.616. The van der Waals surface area contributed by atoms with Crippen molar-refractivity contribution >= 4 is 5.97 Å². The van der Waals surface area contributed by atoms with Gasteiger partial charge < -0.3 is 14.6 Å². The molecule has 17 heavy (non-hydrogen) atoms. The zero-order valence-corrected chi connectivity index (χ0v) is 9.60. The lowest BCUT2D eigenvalue weighted by molar-refractivity contribution is -0.142. The summed E-state index contributed by atoms with van der Waals surface area (Å²) in [6, 6.07) is 5.07. The lowest BCUT2D eigenvalue weighted by atomic mass is 9.87. The average Bonchev–Trinajstić information content (AvgIpc) is 3.05. The Bertz CT molecular complexity index is 482. The summed E-state index contributed by atoms with van der Waals surface area (Å²) >= 11 is 0. The molecular weight excluding hydrogens is 220 g/mol. The maximum Gasteiger partial charge on any atom is 0.309 e. The number of fused-ring (bicyclic) bond motifs is 2. The topological polar surface area (TPSA) is 55.8 Å². The largest absolute Gasteiger partial charge is 0.508 e. The minimum atomic E-state index is -0.167. The minimum absolute atomic E-state index is 0.0862. The fourth-order valence-corrected chi connectivity index (χ4v) is 2.84. The van der Waals surface area contributed by atoms with Crippen LogP contribution in [0.4, 0.5) is 0 Å². The Hall–Kier alpha value is -1.71. The Morgan fingerprint density at radius 3 is 3.18 bits per heavy atom. The van der Waals surface area contributed by atoms with E-state index in [0.717, 1.165) is 24.2 Å². The summed E-state index contributed by atoms with van der Waals surface area (Å²) in [4.78, 5) is 11.6. The molecular formula is C13H14O4. The Labute approximate surface area is 99.2 Å². The predicted octanol–water partition coefficient (Wildman–Crippen LogP) is 1.61. The van der Waals surface area contributed by atoms with Crippen molar-refractivity contribution in [3.8, 4) is 11.5 Å². The first-order valence-electron chi connectivity index (χ1n) is 5.71. The highest BCUT2D eigenvalue weighted by atomic mass is 16.5. The van der Waals surface area contributed by atoms with Crippen LogP contribution in [0.1, 0.15) is 18.4 Å². The van der Waals surface area contributed by atoms with Gasteiger partial charge in [-0.3, -0.25) is 4.79 Å². The molecule has 4 heteroatoms. The Kier molecular flexibility index (Phi) is 2.08. The summed E-state index contributed by atoms with van der Waals surface area (Å²) in [5.41, 5.74) is 0.776. The standard InChI is InChI=1S/C13H14O4/c1-16-12(15)10-7-13(10)4-5-17-11-3-2-8(14)6-9(11)13/h2-3,6,10,14H,4-5,7H2,1H3/t10-,13+/m0/s1. The molecule has 0 saturated heterocycles. The fourth-order valence-electron chi connectivity index (χ4n) is 2.84. The molecule has 2 atom stereocenters. The highest BCUT2D eigenvalue weighted by Gasteiger charge is 2.61. The van der Waals surface area contributed by atoms with Gasteiger partial charge >= 0.3 is 5.97 Å². The molecule has 0 bridgehead atoms. The minimum Gasteiger partial charge on any atom is -0.508 e. The van der Waals surface area contributed by atoms with Crippen molar-refractivity contribution in [2.75, 3.05) is 13.7 Å². The van der Waals surface area contributed by atoms with Crippen molar-refractivity contribution in [1.29, 1.82) is 0 Å². The van der Waals surface area contributed by atoms with Gasteiger partial charge in [0.25, 0.3) is 0 Å². The number of phenolic OH excluding ortho intramolecular Hbond substituents is 1. The van der Waals surface area contributed by atoms with Crippen LogP contribution in [-0.4, -0.2) is 24.8 Å². The zero-order valence-electron chi connectivity index (χ0n) is 9.60. The lowest BCUT2D eigenvalue weighted by Crippen LogP contribution is -2.24. The summed E-state index contributed by atoms with van der Waals surface area (Å²) in [6.07, 6.45) is 1.60. The maximum absolute atomic E-state index is 11.6. The van der Waals surface area contributed by atoms with Gasteiger partial charge in [-0.25, -0.2) is 0 Å². The van der Waals surface area contributed by atoms with Crippen LogP contribution < -0.4 is 4.74 Å². The summed E-state index contributed by atoms with van der Waals surface area (Å²) in [5.74, 6) is 0.739. The third-order valence-corrected chi connectivity index (χ3v) is 3.87. The van der Waals surface area contributed by atoms with Crippen LogP contribution in [0.5, 0.6) is 11.5 Å². The molecule has 1 fully saturated rings. The van der Waals surface area contributed by atoms with E-state index in [1.807, 2.05) is 0 Å². The van der Waals surface area contributed by atoms with Crippen molar-refractivity contribution in [1.82, 2.24) is 0 Å². The second kappa shape index (κ2) is 3.39. The Balaban J connectivity index is 2.01. The number of carbonyl (C=O) groups excluding carboxylic acids is 1. The SMILES string of the molecule is COC(=O)[C@@H]1C[C@@]12CCOc1ccc(O)cc12. The molecule has 1 heterocycles. The third kappa shape index (κ3) is 1.40. The van der Waals surface area contributed by atoms with E-state index in [2.05, 4.69) is 0 Å². The highest BCUT2D eigenvalue weighted by Crippen LogP contribution is 2.61. The third-order valence-electron chi connectivity index (χ3n) is 3.87. The number of carbonyl (C=O) groups is 1. The number of phenols is 1. The van der Waals surface area contributed by atoms with Gasteiger partial charge in [-0.1, -0.05) is 0 Å². The van der Waals surface area contributed by atoms with Gasteiger partial charge in [0.15, 0.2) is 0 Å². The van der Waals surface area contributed by atoms with Gasteiger partial charge in [-0.2, -0.15) is 0 Å². The number of hydrogen-bond donors (Lipinski definition) is 1. The molecule has 1 aromatic carbocycles. The van der Waals surface area contributed by atoms with Gasteiger partial charge in [-0.05, 0) is 31.0 Å². The summed E-state index contributed by atoms with van der Waals surface area (Å²) < 4.78 is 10.4. The first kappa shape index (κ1) is 10.4. The van der Waals surface area contributed by atoms with Crippen LogP contribution in [0.25, 0.3) is 0 Å². The van der Waals surface area contributed by atoms with E-state index in [0.29, 0.717) is 6.61 Å². The molecule has 0 unspecified atom stereocenters. The molecule has 4 nitrogen and oxygen atoms in total. The van der Waals surface area contributed by atoms with E-state index in [1.165, 1.54) is 7.11 Å². The first-order chi connectivity index (χ1) is 8.17. The highest BCUT2D eigenvalue weighted by molar-refractivity contribution is 5.80. The van der Waals surface area contributed by atoms with Crippen LogP contribution in [0.2, 0.25) is 0 Å². The molecule has 0 aromatic heterocycles. The van der Waals surface area contributed by atoms with Gasteiger partial charge in [0, 0.05) is 11.0 Å². The van der Waals surface area contributed by atoms with Crippen LogP contribution >= 0.6 is 0 Å². The van der Waals surface area contributed by atoms with Crippen molar-refractivity contribution in [2.24, 2.45) is 5.92 Å². The van der Waals surface area contributed by atoms with Crippen molar-refractivity contribution in [3.63, 3.8) is 0 Å². The Morgan fingerprint density at radius 1 is 1.59 bits per heavy atom. The number of methoxy groups -OCH3 is 1. The number of benzene rings is 1. The molecule has 0 radical (unpaired) electrons. The molecule has 1 N–H and O–H groups in total. The van der Waals surface area contributed by atoms with Gasteiger partial charge in [0.05, 0.1) is 19.6 Å². The fraction of sp³-hybridized carbons (Fsp3) is 0.462. The molecule has 1 saturated carbocycles. The van der Waals surface area contributed by atoms with E-state index in [-0.39, 0.29) is 23.1 Å². The first-order valence-corrected chi connectivity index (χ1v) is 5.71. The number of rotatable bonds is 1. The second-order valence-electron chi connectivity index (χ2n) is 4.71. The van der Waals surface area contributed by atoms with Gasteiger partial charge in [0.1, 0.15) is 11.5 Å². The van der Waals surface area contributed by atoms with E-state index < -0.39 is 0 Å². The molecule has 1 aliphatic heterocycles. The van der Waals surface area contributed by atoms with E-state index >= 15 is 0 Å². The smallest absolute Gasteiger partial charge is 0.309 e. The maximum atomic E-state index is 11.6. The molecule has 90 valence electrons. The van der Waals surface area contributed by atoms with E-state index in [4.69, 9.17) is 9.47 Å². The zero-order chi connectivity index (χ0) is 12.0. The van der Waals surface area contributed by atoms with Gasteiger partial charge in [-0.15, -0.1) is 0 Å². The van der Waals surface area contributed by atoms with Crippen LogP contribution in [0.15, 0.2) is 18.2 Å². The number of ether oxygens (including phenoxy) is 2. The second-order valence-corrected chi connectivity index (χ2v) is 4.71. The predicted molar refractivity (Wildman–Crippen MR) is 60.0 cm³/mol. The normalized spacial score (nSPS) is 29.4. The van der Waals surface area contributed by atoms with Crippen molar-refractivity contribution in [3.05, 3.63) is 23.8 Å². The van der Waals surface area contributed by atoms with Gasteiger partial charge in [0.2, 0.25) is 0 Å². The molecule has 0 amide bonds. The van der Waals surface area contributed by atoms with Crippen LogP contribution in [0.3, 0.4) is 0 Å². The number of aromatic hydroxyl groups is 1. The number of hydrogen-bond acceptors (Lipinski definition) is 4. The van der Waals surface area contributed by atoms with Crippen molar-refractivity contribution in [2.45, 2.75) is 18.3 Å². The number of esters is 1. The van der Waals surface area contributed by atoms with Crippen LogP contribution in [-0.2, 0) is 14.9 Å². The quantitative estimate of drug-likeness (QED) is 0.750. The monoisotopic (exact) mass is 234 g/mol. The van der Waals surface area contributed by atoms with E-state index in [9.17, 15) is 9.90 Å². The molecule has 1 spiro atoms. The lowest BCUT2D eigenvalue weighted by Gasteiger charge is -2.26. The average molecular weight is 234 g/mol. The van der Waals surface area contributed by atoms with Crippen molar-refractivity contribution < 1.29 is 19.4 Å². The molecule has 1 aromatic rings. The Morgan fingerprint density at radius 2 is 2.41 bits per heavy atom. The molecule has 3 rings (SSSR count). The van der Waals surface area contributed by atoms with Crippen LogP contribution in [0, 0.1) is 5.92 Å². The van der Waals surface area contributed by atoms with E-state index in [1.54, 1.807) is 18.2 Å². The summed E-state index contributed by atoms with van der Waals surface area (Å²) in [7, 11) is 1.41. The molecule has 1 aliphatic carbocycles. The molecule has 2 aliphatic rings. The summed E-state index contributed by atoms with van der Waals surface area (Å²) in [5, 5.41) is 9.56.